The first kappa shape index (κ1) is 14.9. The summed E-state index contributed by atoms with van der Waals surface area (Å²) >= 11 is 6.13. The zero-order chi connectivity index (χ0) is 15.4. The van der Waals surface area contributed by atoms with Gasteiger partial charge >= 0.3 is 5.69 Å². The van der Waals surface area contributed by atoms with Gasteiger partial charge in [0.25, 0.3) is 0 Å². The van der Waals surface area contributed by atoms with Crippen molar-refractivity contribution in [3.63, 3.8) is 0 Å². The quantitative estimate of drug-likeness (QED) is 0.501. The van der Waals surface area contributed by atoms with Crippen LogP contribution in [0.15, 0.2) is 36.4 Å². The molecule has 2 aromatic carbocycles. The fourth-order valence-corrected chi connectivity index (χ4v) is 2.23. The smallest absolute Gasteiger partial charge is 0.314 e. The molecule has 3 N–H and O–H groups in total. The summed E-state index contributed by atoms with van der Waals surface area (Å²) in [6, 6.07) is 10.0. The van der Waals surface area contributed by atoms with E-state index in [2.05, 4.69) is 5.32 Å². The third kappa shape index (κ3) is 3.17. The van der Waals surface area contributed by atoms with Gasteiger partial charge in [0.15, 0.2) is 0 Å². The third-order valence-electron chi connectivity index (χ3n) is 3.00. The van der Waals surface area contributed by atoms with Crippen molar-refractivity contribution in [2.45, 2.75) is 6.54 Å². The SMILES string of the molecule is COc1cccc(Cl)c1CNc1cccc(N)c1[N+](=O)[O-]. The Morgan fingerprint density at radius 1 is 1.33 bits per heavy atom. The predicted octanol–water partition coefficient (Wildman–Crippen LogP) is 3.45. The number of hydrogen-bond acceptors (Lipinski definition) is 5. The number of nitrogens with one attached hydrogen (secondary N) is 1. The normalized spacial score (nSPS) is 10.2. The minimum atomic E-state index is -0.512. The van der Waals surface area contributed by atoms with Crippen LogP contribution in [0.25, 0.3) is 0 Å². The van der Waals surface area contributed by atoms with E-state index in [-0.39, 0.29) is 17.9 Å². The molecule has 0 radical (unpaired) electrons. The number of halogens is 1. The van der Waals surface area contributed by atoms with E-state index in [1.165, 1.54) is 13.2 Å². The van der Waals surface area contributed by atoms with Crippen LogP contribution in [0.1, 0.15) is 5.56 Å². The summed E-state index contributed by atoms with van der Waals surface area (Å²) < 4.78 is 5.23. The fourth-order valence-electron chi connectivity index (χ4n) is 1.99. The van der Waals surface area contributed by atoms with Crippen molar-refractivity contribution >= 4 is 28.7 Å². The van der Waals surface area contributed by atoms with E-state index in [0.717, 1.165) is 5.56 Å². The van der Waals surface area contributed by atoms with Crippen LogP contribution in [0.5, 0.6) is 5.75 Å². The summed E-state index contributed by atoms with van der Waals surface area (Å²) in [5.74, 6) is 0.613. The number of nitrogens with two attached hydrogens (primary N) is 1. The molecule has 7 heteroatoms. The number of nitrogen functional groups attached to an aromatic ring is 1. The molecule has 2 rings (SSSR count). The molecule has 0 aliphatic heterocycles. The second kappa shape index (κ2) is 6.32. The second-order valence-corrected chi connectivity index (χ2v) is 4.68. The van der Waals surface area contributed by atoms with Crippen molar-refractivity contribution in [1.29, 1.82) is 0 Å². The van der Waals surface area contributed by atoms with Crippen LogP contribution in [-0.2, 0) is 6.54 Å². The molecule has 2 aromatic rings. The number of nitrogens with zero attached hydrogens (tertiary/aromatic N) is 1. The highest BCUT2D eigenvalue weighted by atomic mass is 35.5. The molecule has 0 bridgehead atoms. The summed E-state index contributed by atoms with van der Waals surface area (Å²) in [5, 5.41) is 14.6. The maximum Gasteiger partial charge on any atom is 0.314 e. The van der Waals surface area contributed by atoms with Crippen LogP contribution in [0.2, 0.25) is 5.02 Å². The average molecular weight is 308 g/mol. The number of nitro groups is 1. The average Bonchev–Trinajstić information content (AvgIpc) is 2.45. The topological polar surface area (TPSA) is 90.4 Å². The van der Waals surface area contributed by atoms with Gasteiger partial charge in [-0.15, -0.1) is 0 Å². The highest BCUT2D eigenvalue weighted by molar-refractivity contribution is 6.31. The summed E-state index contributed by atoms with van der Waals surface area (Å²) in [7, 11) is 1.54. The van der Waals surface area contributed by atoms with E-state index in [1.54, 1.807) is 30.3 Å². The summed E-state index contributed by atoms with van der Waals surface area (Å²) in [4.78, 5) is 10.6. The van der Waals surface area contributed by atoms with Gasteiger partial charge in [-0.3, -0.25) is 10.1 Å². The molecular formula is C14H14ClN3O3. The first-order valence-electron chi connectivity index (χ1n) is 6.12. The summed E-state index contributed by atoms with van der Waals surface area (Å²) in [6.45, 7) is 0.285. The van der Waals surface area contributed by atoms with Gasteiger partial charge in [0, 0.05) is 17.1 Å². The molecular weight excluding hydrogens is 294 g/mol. The predicted molar refractivity (Wildman–Crippen MR) is 82.8 cm³/mol. The summed E-state index contributed by atoms with van der Waals surface area (Å²) in [5.41, 5.74) is 6.66. The van der Waals surface area contributed by atoms with Crippen LogP contribution < -0.4 is 15.8 Å². The molecule has 0 unspecified atom stereocenters. The maximum atomic E-state index is 11.1. The molecule has 21 heavy (non-hydrogen) atoms. The van der Waals surface area contributed by atoms with Crippen molar-refractivity contribution < 1.29 is 9.66 Å². The van der Waals surface area contributed by atoms with Crippen LogP contribution in [0.4, 0.5) is 17.1 Å². The number of hydrogen-bond donors (Lipinski definition) is 2. The zero-order valence-corrected chi connectivity index (χ0v) is 12.1. The van der Waals surface area contributed by atoms with Gasteiger partial charge in [0.1, 0.15) is 17.1 Å². The molecule has 0 saturated carbocycles. The van der Waals surface area contributed by atoms with Crippen molar-refractivity contribution in [2.24, 2.45) is 0 Å². The molecule has 0 aliphatic carbocycles. The lowest BCUT2D eigenvalue weighted by Gasteiger charge is -2.12. The van der Waals surface area contributed by atoms with Crippen molar-refractivity contribution in [2.75, 3.05) is 18.2 Å². The monoisotopic (exact) mass is 307 g/mol. The molecule has 0 spiro atoms. The van der Waals surface area contributed by atoms with Gasteiger partial charge in [-0.2, -0.15) is 0 Å². The van der Waals surface area contributed by atoms with Crippen LogP contribution in [0, 0.1) is 10.1 Å². The maximum absolute atomic E-state index is 11.1. The molecule has 0 atom stereocenters. The molecule has 0 aromatic heterocycles. The highest BCUT2D eigenvalue weighted by Gasteiger charge is 2.18. The van der Waals surface area contributed by atoms with E-state index in [0.29, 0.717) is 16.5 Å². The number of ether oxygens (including phenoxy) is 1. The Bertz CT molecular complexity index is 677. The van der Waals surface area contributed by atoms with Crippen LogP contribution in [-0.4, -0.2) is 12.0 Å². The Kier molecular flexibility index (Phi) is 4.49. The van der Waals surface area contributed by atoms with Gasteiger partial charge in [-0.25, -0.2) is 0 Å². The molecule has 0 aliphatic rings. The molecule has 0 heterocycles. The van der Waals surface area contributed by atoms with Gasteiger partial charge in [-0.05, 0) is 24.3 Å². The van der Waals surface area contributed by atoms with Crippen molar-refractivity contribution in [1.82, 2.24) is 0 Å². The van der Waals surface area contributed by atoms with Gasteiger partial charge < -0.3 is 15.8 Å². The lowest BCUT2D eigenvalue weighted by Crippen LogP contribution is -2.06. The van der Waals surface area contributed by atoms with Crippen molar-refractivity contribution in [3.05, 3.63) is 57.1 Å². The van der Waals surface area contributed by atoms with E-state index in [1.807, 2.05) is 0 Å². The molecule has 6 nitrogen and oxygen atoms in total. The largest absolute Gasteiger partial charge is 0.496 e. The number of anilines is 2. The molecule has 0 fully saturated rings. The van der Waals surface area contributed by atoms with Crippen molar-refractivity contribution in [3.8, 4) is 5.75 Å². The second-order valence-electron chi connectivity index (χ2n) is 4.27. The standard InChI is InChI=1S/C14H14ClN3O3/c1-21-13-7-2-4-10(15)9(13)8-17-12-6-3-5-11(16)14(12)18(19)20/h2-7,17H,8,16H2,1H3. The Hall–Kier alpha value is -2.47. The number of benzene rings is 2. The van der Waals surface area contributed by atoms with Gasteiger partial charge in [-0.1, -0.05) is 23.7 Å². The Balaban J connectivity index is 2.29. The van der Waals surface area contributed by atoms with E-state index < -0.39 is 4.92 Å². The Morgan fingerprint density at radius 2 is 2.05 bits per heavy atom. The van der Waals surface area contributed by atoms with Gasteiger partial charge in [0.2, 0.25) is 0 Å². The van der Waals surface area contributed by atoms with E-state index in [9.17, 15) is 10.1 Å². The van der Waals surface area contributed by atoms with Crippen LogP contribution in [0.3, 0.4) is 0 Å². The molecule has 0 amide bonds. The van der Waals surface area contributed by atoms with E-state index in [4.69, 9.17) is 22.1 Å². The Morgan fingerprint density at radius 3 is 2.71 bits per heavy atom. The summed E-state index contributed by atoms with van der Waals surface area (Å²) in [6.07, 6.45) is 0. The first-order valence-corrected chi connectivity index (χ1v) is 6.50. The highest BCUT2D eigenvalue weighted by Crippen LogP contribution is 2.32. The lowest BCUT2D eigenvalue weighted by atomic mass is 10.1. The number of rotatable bonds is 5. The third-order valence-corrected chi connectivity index (χ3v) is 3.36. The fraction of sp³-hybridized carbons (Fsp3) is 0.143. The zero-order valence-electron chi connectivity index (χ0n) is 11.3. The first-order chi connectivity index (χ1) is 10.0. The Labute approximate surface area is 126 Å². The minimum absolute atomic E-state index is 0.108. The number of methoxy groups -OCH3 is 1. The molecule has 0 saturated heterocycles. The van der Waals surface area contributed by atoms with Crippen LogP contribution >= 0.6 is 11.6 Å². The van der Waals surface area contributed by atoms with Gasteiger partial charge in [0.05, 0.1) is 12.0 Å². The minimum Gasteiger partial charge on any atom is -0.496 e. The lowest BCUT2D eigenvalue weighted by molar-refractivity contribution is -0.383. The number of para-hydroxylation sites is 1. The number of nitro benzene ring substituents is 1. The van der Waals surface area contributed by atoms with E-state index >= 15 is 0 Å². The molecule has 110 valence electrons.